The van der Waals surface area contributed by atoms with Gasteiger partial charge in [0.15, 0.2) is 11.5 Å². The number of hydrogen-bond acceptors (Lipinski definition) is 2. The quantitative estimate of drug-likeness (QED) is 0.512. The maximum atomic E-state index is 6.03. The molecule has 102 valence electrons. The predicted octanol–water partition coefficient (Wildman–Crippen LogP) is 5.06. The van der Waals surface area contributed by atoms with Crippen molar-refractivity contribution in [3.8, 4) is 11.5 Å². The van der Waals surface area contributed by atoms with Gasteiger partial charge >= 0.3 is 0 Å². The number of rotatable bonds is 7. The Balaban J connectivity index is 2.73. The summed E-state index contributed by atoms with van der Waals surface area (Å²) in [6, 6.07) is 3.68. The van der Waals surface area contributed by atoms with Crippen LogP contribution in [0.15, 0.2) is 12.1 Å². The van der Waals surface area contributed by atoms with Crippen molar-refractivity contribution in [1.82, 2.24) is 0 Å². The Morgan fingerprint density at radius 2 is 2.06 bits per heavy atom. The Bertz CT molecular complexity index is 355. The Morgan fingerprint density at radius 1 is 1.33 bits per heavy atom. The average Bonchev–Trinajstić information content (AvgIpc) is 2.34. The van der Waals surface area contributed by atoms with Crippen molar-refractivity contribution in [2.75, 3.05) is 13.7 Å². The lowest BCUT2D eigenvalue weighted by molar-refractivity contribution is 0.278. The minimum absolute atomic E-state index is 0.663. The fourth-order valence-corrected chi connectivity index (χ4v) is 2.35. The third kappa shape index (κ3) is 4.69. The average molecular weight is 336 g/mol. The van der Waals surface area contributed by atoms with Gasteiger partial charge in [-0.1, -0.05) is 41.4 Å². The van der Waals surface area contributed by atoms with Gasteiger partial charge in [-0.15, -0.1) is 0 Å². The van der Waals surface area contributed by atoms with E-state index in [-0.39, 0.29) is 0 Å². The zero-order valence-corrected chi connectivity index (χ0v) is 13.5. The maximum absolute atomic E-state index is 6.03. The molecular weight excluding hydrogens is 316 g/mol. The van der Waals surface area contributed by atoms with E-state index in [9.17, 15) is 0 Å². The number of methoxy groups -OCH3 is 1. The zero-order chi connectivity index (χ0) is 13.5. The molecule has 1 aromatic carbocycles. The van der Waals surface area contributed by atoms with Crippen molar-refractivity contribution in [3.63, 3.8) is 0 Å². The Kier molecular flexibility index (Phi) is 6.87. The molecule has 0 aliphatic carbocycles. The molecule has 0 aliphatic rings. The van der Waals surface area contributed by atoms with Crippen LogP contribution in [0.25, 0.3) is 0 Å². The number of hydrogen-bond donors (Lipinski definition) is 0. The van der Waals surface area contributed by atoms with E-state index >= 15 is 0 Å². The molecule has 18 heavy (non-hydrogen) atoms. The molecule has 2 nitrogen and oxygen atoms in total. The van der Waals surface area contributed by atoms with Gasteiger partial charge in [0, 0.05) is 22.0 Å². The standard InChI is InChI=1S/C14H20BrClO2/c1-10(2)5-4-6-18-14-11(9-15)7-12(16)8-13(14)17-3/h7-8,10H,4-6,9H2,1-3H3. The Labute approximate surface area is 123 Å². The molecule has 0 atom stereocenters. The first kappa shape index (κ1) is 15.6. The molecule has 0 fully saturated rings. The van der Waals surface area contributed by atoms with Crippen LogP contribution < -0.4 is 9.47 Å². The van der Waals surface area contributed by atoms with Crippen molar-refractivity contribution < 1.29 is 9.47 Å². The second-order valence-electron chi connectivity index (χ2n) is 4.61. The number of ether oxygens (including phenoxy) is 2. The third-order valence-electron chi connectivity index (χ3n) is 2.63. The summed E-state index contributed by atoms with van der Waals surface area (Å²) in [5.74, 6) is 2.19. The van der Waals surface area contributed by atoms with Crippen LogP contribution in [0.5, 0.6) is 11.5 Å². The second kappa shape index (κ2) is 7.90. The first-order valence-corrected chi connectivity index (χ1v) is 7.63. The molecule has 0 amide bonds. The molecule has 0 saturated carbocycles. The van der Waals surface area contributed by atoms with Crippen LogP contribution in [0.1, 0.15) is 32.3 Å². The summed E-state index contributed by atoms with van der Waals surface area (Å²) in [7, 11) is 1.63. The molecule has 0 aromatic heterocycles. The highest BCUT2D eigenvalue weighted by Gasteiger charge is 2.12. The van der Waals surface area contributed by atoms with Crippen LogP contribution in [0.4, 0.5) is 0 Å². The van der Waals surface area contributed by atoms with Crippen molar-refractivity contribution in [2.45, 2.75) is 32.0 Å². The highest BCUT2D eigenvalue weighted by molar-refractivity contribution is 9.08. The Morgan fingerprint density at radius 3 is 2.61 bits per heavy atom. The Hall–Kier alpha value is -0.410. The van der Waals surface area contributed by atoms with Gasteiger partial charge in [0.2, 0.25) is 0 Å². The highest BCUT2D eigenvalue weighted by Crippen LogP contribution is 2.36. The SMILES string of the molecule is COc1cc(Cl)cc(CBr)c1OCCCC(C)C. The van der Waals surface area contributed by atoms with Crippen LogP contribution in [0.2, 0.25) is 5.02 Å². The summed E-state index contributed by atoms with van der Waals surface area (Å²) >= 11 is 9.47. The summed E-state index contributed by atoms with van der Waals surface area (Å²) in [6.45, 7) is 5.13. The van der Waals surface area contributed by atoms with E-state index in [0.717, 1.165) is 17.7 Å². The largest absolute Gasteiger partial charge is 0.493 e. The smallest absolute Gasteiger partial charge is 0.165 e. The lowest BCUT2D eigenvalue weighted by Crippen LogP contribution is -2.03. The van der Waals surface area contributed by atoms with E-state index in [0.29, 0.717) is 28.6 Å². The monoisotopic (exact) mass is 334 g/mol. The molecule has 0 radical (unpaired) electrons. The fourth-order valence-electron chi connectivity index (χ4n) is 1.70. The van der Waals surface area contributed by atoms with Gasteiger partial charge in [-0.05, 0) is 24.8 Å². The lowest BCUT2D eigenvalue weighted by Gasteiger charge is -2.15. The van der Waals surface area contributed by atoms with Gasteiger partial charge in [0.1, 0.15) is 0 Å². The summed E-state index contributed by atoms with van der Waals surface area (Å²) in [4.78, 5) is 0. The van der Waals surface area contributed by atoms with Crippen LogP contribution in [-0.2, 0) is 5.33 Å². The van der Waals surface area contributed by atoms with E-state index in [4.69, 9.17) is 21.1 Å². The molecule has 1 rings (SSSR count). The minimum atomic E-state index is 0.663. The second-order valence-corrected chi connectivity index (χ2v) is 5.61. The van der Waals surface area contributed by atoms with Crippen molar-refractivity contribution in [1.29, 1.82) is 0 Å². The van der Waals surface area contributed by atoms with Crippen molar-refractivity contribution >= 4 is 27.5 Å². The molecule has 0 unspecified atom stereocenters. The molecule has 0 aliphatic heterocycles. The van der Waals surface area contributed by atoms with Gasteiger partial charge in [0.05, 0.1) is 13.7 Å². The minimum Gasteiger partial charge on any atom is -0.493 e. The fraction of sp³-hybridized carbons (Fsp3) is 0.571. The summed E-state index contributed by atoms with van der Waals surface area (Å²) in [5.41, 5.74) is 1.02. The maximum Gasteiger partial charge on any atom is 0.165 e. The molecule has 1 aromatic rings. The van der Waals surface area contributed by atoms with Crippen molar-refractivity contribution in [3.05, 3.63) is 22.7 Å². The van der Waals surface area contributed by atoms with E-state index in [2.05, 4.69) is 29.8 Å². The van der Waals surface area contributed by atoms with Crippen LogP contribution in [0, 0.1) is 5.92 Å². The first-order chi connectivity index (χ1) is 8.58. The van der Waals surface area contributed by atoms with Gasteiger partial charge in [0.25, 0.3) is 0 Å². The lowest BCUT2D eigenvalue weighted by atomic mass is 10.1. The molecular formula is C14H20BrClO2. The normalized spacial score (nSPS) is 10.8. The van der Waals surface area contributed by atoms with Gasteiger partial charge in [-0.2, -0.15) is 0 Å². The van der Waals surface area contributed by atoms with Gasteiger partial charge in [-0.3, -0.25) is 0 Å². The van der Waals surface area contributed by atoms with E-state index < -0.39 is 0 Å². The summed E-state index contributed by atoms with van der Waals surface area (Å²) in [6.07, 6.45) is 2.21. The third-order valence-corrected chi connectivity index (χ3v) is 3.45. The molecule has 4 heteroatoms. The van der Waals surface area contributed by atoms with Crippen molar-refractivity contribution in [2.24, 2.45) is 5.92 Å². The van der Waals surface area contributed by atoms with Crippen LogP contribution in [0.3, 0.4) is 0 Å². The molecule has 0 bridgehead atoms. The van der Waals surface area contributed by atoms with Crippen LogP contribution >= 0.6 is 27.5 Å². The van der Waals surface area contributed by atoms with E-state index in [1.54, 1.807) is 13.2 Å². The zero-order valence-electron chi connectivity index (χ0n) is 11.1. The van der Waals surface area contributed by atoms with E-state index in [1.807, 2.05) is 6.07 Å². The molecule has 0 saturated heterocycles. The van der Waals surface area contributed by atoms with E-state index in [1.165, 1.54) is 6.42 Å². The highest BCUT2D eigenvalue weighted by atomic mass is 79.9. The number of alkyl halides is 1. The molecule has 0 spiro atoms. The predicted molar refractivity (Wildman–Crippen MR) is 80.2 cm³/mol. The van der Waals surface area contributed by atoms with Crippen LogP contribution in [-0.4, -0.2) is 13.7 Å². The first-order valence-electron chi connectivity index (χ1n) is 6.13. The molecule has 0 N–H and O–H groups in total. The summed E-state index contributed by atoms with van der Waals surface area (Å²) in [5, 5.41) is 1.36. The van der Waals surface area contributed by atoms with Gasteiger partial charge < -0.3 is 9.47 Å². The number of benzene rings is 1. The molecule has 0 heterocycles. The number of halogens is 2. The van der Waals surface area contributed by atoms with Gasteiger partial charge in [-0.25, -0.2) is 0 Å². The summed E-state index contributed by atoms with van der Waals surface area (Å²) < 4.78 is 11.2. The topological polar surface area (TPSA) is 18.5 Å².